The predicted molar refractivity (Wildman–Crippen MR) is 101 cm³/mol. The Bertz CT molecular complexity index is 200. The molecule has 2 nitrogen and oxygen atoms in total. The second kappa shape index (κ2) is 23.0. The molecule has 0 fully saturated rings. The highest BCUT2D eigenvalue weighted by molar-refractivity contribution is 5.85. The molecule has 0 aromatic rings. The van der Waals surface area contributed by atoms with E-state index in [1.807, 2.05) is 0 Å². The Kier molecular flexibility index (Phi) is 25.1. The first kappa shape index (κ1) is 24.0. The molecule has 22 heavy (non-hydrogen) atoms. The topological polar surface area (TPSA) is 29.1 Å². The van der Waals surface area contributed by atoms with E-state index >= 15 is 0 Å². The van der Waals surface area contributed by atoms with Crippen molar-refractivity contribution >= 4 is 18.8 Å². The third kappa shape index (κ3) is 22.0. The molecule has 0 rings (SSSR count). The molecule has 0 radical (unpaired) electrons. The Morgan fingerprint density at radius 3 is 1.23 bits per heavy atom. The fourth-order valence-electron chi connectivity index (χ4n) is 2.83. The average Bonchev–Trinajstić information content (AvgIpc) is 2.50. The van der Waals surface area contributed by atoms with E-state index < -0.39 is 0 Å². The van der Waals surface area contributed by atoms with Crippen LogP contribution in [0.3, 0.4) is 0 Å². The van der Waals surface area contributed by atoms with Crippen LogP contribution >= 0.6 is 12.4 Å². The lowest BCUT2D eigenvalue weighted by atomic mass is 10.0. The number of carbonyl (C=O) groups excluding carboxylic acids is 1. The van der Waals surface area contributed by atoms with Gasteiger partial charge in [0.15, 0.2) is 0 Å². The highest BCUT2D eigenvalue weighted by Gasteiger charge is 1.94. The van der Waals surface area contributed by atoms with Crippen molar-refractivity contribution in [3.8, 4) is 0 Å². The van der Waals surface area contributed by atoms with Crippen LogP contribution in [-0.2, 0) is 4.79 Å². The van der Waals surface area contributed by atoms with E-state index in [0.29, 0.717) is 0 Å². The van der Waals surface area contributed by atoms with Crippen molar-refractivity contribution in [2.45, 2.75) is 110 Å². The smallest absolute Gasteiger partial charge is 0.207 e. The van der Waals surface area contributed by atoms with Gasteiger partial charge >= 0.3 is 0 Å². The first-order chi connectivity index (χ1) is 10.4. The molecule has 0 aromatic heterocycles. The van der Waals surface area contributed by atoms with Crippen molar-refractivity contribution < 1.29 is 4.79 Å². The Hall–Kier alpha value is -0.240. The second-order valence-electron chi connectivity index (χ2n) is 6.38. The summed E-state index contributed by atoms with van der Waals surface area (Å²) >= 11 is 0. The molecule has 0 bridgehead atoms. The van der Waals surface area contributed by atoms with Gasteiger partial charge in [0.05, 0.1) is 0 Å². The largest absolute Gasteiger partial charge is 0.359 e. The van der Waals surface area contributed by atoms with Crippen LogP contribution in [0.4, 0.5) is 0 Å². The minimum Gasteiger partial charge on any atom is -0.359 e. The van der Waals surface area contributed by atoms with Gasteiger partial charge in [-0.2, -0.15) is 0 Å². The molecule has 0 saturated carbocycles. The predicted octanol–water partition coefficient (Wildman–Crippen LogP) is 6.42. The molecule has 0 heterocycles. The normalized spacial score (nSPS) is 10.2. The Morgan fingerprint density at radius 2 is 0.909 bits per heavy atom. The molecule has 1 N–H and O–H groups in total. The summed E-state index contributed by atoms with van der Waals surface area (Å²) in [5, 5.41) is 2.72. The summed E-state index contributed by atoms with van der Waals surface area (Å²) < 4.78 is 0. The maximum Gasteiger partial charge on any atom is 0.207 e. The number of unbranched alkanes of at least 4 members (excludes halogenated alkanes) is 15. The molecule has 0 atom stereocenters. The summed E-state index contributed by atoms with van der Waals surface area (Å²) in [6.07, 6.45) is 23.1. The molecule has 0 saturated heterocycles. The van der Waals surface area contributed by atoms with E-state index in [-0.39, 0.29) is 12.4 Å². The molecule has 0 aliphatic carbocycles. The maximum absolute atomic E-state index is 10.1. The van der Waals surface area contributed by atoms with Crippen LogP contribution in [0.5, 0.6) is 0 Å². The molecule has 0 unspecified atom stereocenters. The Balaban J connectivity index is 0. The molecular formula is C19H40ClNO. The molecule has 134 valence electrons. The number of carbonyl (C=O) groups is 1. The van der Waals surface area contributed by atoms with Crippen molar-refractivity contribution in [2.24, 2.45) is 0 Å². The number of rotatable bonds is 18. The maximum atomic E-state index is 10.1. The lowest BCUT2D eigenvalue weighted by molar-refractivity contribution is -0.109. The monoisotopic (exact) mass is 333 g/mol. The fraction of sp³-hybridized carbons (Fsp3) is 0.947. The van der Waals surface area contributed by atoms with Crippen LogP contribution in [0, 0.1) is 0 Å². The Morgan fingerprint density at radius 1 is 0.591 bits per heavy atom. The number of hydrogen-bond acceptors (Lipinski definition) is 1. The van der Waals surface area contributed by atoms with Crippen molar-refractivity contribution in [1.82, 2.24) is 5.32 Å². The van der Waals surface area contributed by atoms with E-state index in [1.54, 1.807) is 0 Å². The zero-order chi connectivity index (χ0) is 15.4. The molecule has 0 aromatic carbocycles. The van der Waals surface area contributed by atoms with Crippen molar-refractivity contribution in [1.29, 1.82) is 0 Å². The summed E-state index contributed by atoms with van der Waals surface area (Å²) in [7, 11) is 0. The molecule has 0 aliphatic heterocycles. The number of hydrogen-bond donors (Lipinski definition) is 1. The van der Waals surface area contributed by atoms with E-state index in [0.717, 1.165) is 19.4 Å². The van der Waals surface area contributed by atoms with Gasteiger partial charge in [-0.15, -0.1) is 12.4 Å². The third-order valence-corrected chi connectivity index (χ3v) is 4.26. The lowest BCUT2D eigenvalue weighted by Gasteiger charge is -2.03. The molecule has 0 aliphatic rings. The van der Waals surface area contributed by atoms with Crippen LogP contribution in [0.1, 0.15) is 110 Å². The van der Waals surface area contributed by atoms with Crippen LogP contribution in [0.15, 0.2) is 0 Å². The average molecular weight is 334 g/mol. The van der Waals surface area contributed by atoms with E-state index in [4.69, 9.17) is 0 Å². The van der Waals surface area contributed by atoms with Gasteiger partial charge in [-0.25, -0.2) is 0 Å². The van der Waals surface area contributed by atoms with Gasteiger partial charge in [0.25, 0.3) is 0 Å². The third-order valence-electron chi connectivity index (χ3n) is 4.26. The van der Waals surface area contributed by atoms with Gasteiger partial charge in [-0.05, 0) is 6.42 Å². The van der Waals surface area contributed by atoms with Crippen LogP contribution in [-0.4, -0.2) is 13.0 Å². The summed E-state index contributed by atoms with van der Waals surface area (Å²) in [5.74, 6) is 0. The minimum atomic E-state index is 0. The van der Waals surface area contributed by atoms with Gasteiger partial charge in [0.1, 0.15) is 0 Å². The molecule has 1 amide bonds. The SMILES string of the molecule is CCCCCCCCCCCCCCCCCCNC=O.Cl. The van der Waals surface area contributed by atoms with E-state index in [2.05, 4.69) is 12.2 Å². The van der Waals surface area contributed by atoms with E-state index in [1.165, 1.54) is 96.3 Å². The zero-order valence-electron chi connectivity index (χ0n) is 14.9. The first-order valence-corrected chi connectivity index (χ1v) is 9.59. The number of nitrogens with one attached hydrogen (secondary N) is 1. The van der Waals surface area contributed by atoms with Crippen LogP contribution in [0.25, 0.3) is 0 Å². The molecular weight excluding hydrogens is 294 g/mol. The molecule has 3 heteroatoms. The fourth-order valence-corrected chi connectivity index (χ4v) is 2.83. The highest BCUT2D eigenvalue weighted by Crippen LogP contribution is 2.13. The van der Waals surface area contributed by atoms with Gasteiger partial charge < -0.3 is 5.32 Å². The minimum absolute atomic E-state index is 0. The van der Waals surface area contributed by atoms with Crippen LogP contribution < -0.4 is 5.32 Å². The van der Waals surface area contributed by atoms with Gasteiger partial charge in [-0.1, -0.05) is 103 Å². The zero-order valence-corrected chi connectivity index (χ0v) is 15.7. The summed E-state index contributed by atoms with van der Waals surface area (Å²) in [4.78, 5) is 10.1. The quantitative estimate of drug-likeness (QED) is 0.228. The van der Waals surface area contributed by atoms with Crippen LogP contribution in [0.2, 0.25) is 0 Å². The van der Waals surface area contributed by atoms with Gasteiger partial charge in [0.2, 0.25) is 6.41 Å². The number of halogens is 1. The van der Waals surface area contributed by atoms with E-state index in [9.17, 15) is 4.79 Å². The highest BCUT2D eigenvalue weighted by atomic mass is 35.5. The summed E-state index contributed by atoms with van der Waals surface area (Å²) in [6, 6.07) is 0. The summed E-state index contributed by atoms with van der Waals surface area (Å²) in [5.41, 5.74) is 0. The second-order valence-corrected chi connectivity index (χ2v) is 6.38. The van der Waals surface area contributed by atoms with Crippen molar-refractivity contribution in [2.75, 3.05) is 6.54 Å². The first-order valence-electron chi connectivity index (χ1n) is 9.59. The standard InChI is InChI=1S/C19H39NO.ClH/c1-2-3-4-5-6-7-8-9-10-11-12-13-14-15-16-17-18-20-19-21;/h19H,2-18H2,1H3,(H,20,21);1H. The van der Waals surface area contributed by atoms with Gasteiger partial charge in [0, 0.05) is 6.54 Å². The van der Waals surface area contributed by atoms with Crippen molar-refractivity contribution in [3.63, 3.8) is 0 Å². The summed E-state index contributed by atoms with van der Waals surface area (Å²) in [6.45, 7) is 3.13. The Labute approximate surface area is 145 Å². The lowest BCUT2D eigenvalue weighted by Crippen LogP contribution is -2.11. The number of amides is 1. The van der Waals surface area contributed by atoms with Crippen molar-refractivity contribution in [3.05, 3.63) is 0 Å². The van der Waals surface area contributed by atoms with Gasteiger partial charge in [-0.3, -0.25) is 4.79 Å². The molecule has 0 spiro atoms.